The number of fused-ring (bicyclic) bond motifs is 2. The maximum absolute atomic E-state index is 13.1. The van der Waals surface area contributed by atoms with Crippen LogP contribution in [0.5, 0.6) is 0 Å². The van der Waals surface area contributed by atoms with Crippen LogP contribution >= 0.6 is 0 Å². The Kier molecular flexibility index (Phi) is 5.78. The zero-order valence-electron chi connectivity index (χ0n) is 19.7. The van der Waals surface area contributed by atoms with Crippen molar-refractivity contribution < 1.29 is 29.0 Å². The number of aliphatic hydroxyl groups is 1. The van der Waals surface area contributed by atoms with E-state index in [0.29, 0.717) is 12.3 Å². The molecule has 0 aromatic heterocycles. The molecule has 176 valence electrons. The van der Waals surface area contributed by atoms with Gasteiger partial charge in [0.05, 0.1) is 12.5 Å². The van der Waals surface area contributed by atoms with Crippen LogP contribution < -0.4 is 0 Å². The number of epoxide rings is 1. The lowest BCUT2D eigenvalue weighted by molar-refractivity contribution is -0.145. The van der Waals surface area contributed by atoms with E-state index in [-0.39, 0.29) is 46.9 Å². The van der Waals surface area contributed by atoms with E-state index in [9.17, 15) is 19.5 Å². The minimum Gasteiger partial charge on any atom is -0.461 e. The summed E-state index contributed by atoms with van der Waals surface area (Å²) in [6.07, 6.45) is 5.60. The standard InChI is InChI=1S/C26H36O6/c1-15-7-8-19-24(3,4)9-6-10-25(19,5)18(15)13-26-20(28)12-17(22(30)23(26)32-26)14-31-21(29)11-16(2)27/h12,16,18-19,23,27H,1,6-11,13-14H2,2-5H3/t16-,18-,19-,23-,25+,26+/m0/s1. The summed E-state index contributed by atoms with van der Waals surface area (Å²) in [6, 6.07) is 0. The van der Waals surface area contributed by atoms with Gasteiger partial charge in [0.15, 0.2) is 23.3 Å². The number of aliphatic hydroxyl groups excluding tert-OH is 1. The Morgan fingerprint density at radius 2 is 2.03 bits per heavy atom. The second-order valence-corrected chi connectivity index (χ2v) is 11.4. The van der Waals surface area contributed by atoms with Crippen LogP contribution in [-0.2, 0) is 23.9 Å². The second-order valence-electron chi connectivity index (χ2n) is 11.4. The molecule has 32 heavy (non-hydrogen) atoms. The summed E-state index contributed by atoms with van der Waals surface area (Å²) < 4.78 is 10.9. The van der Waals surface area contributed by atoms with E-state index in [1.165, 1.54) is 25.0 Å². The molecule has 1 aliphatic heterocycles. The van der Waals surface area contributed by atoms with Gasteiger partial charge >= 0.3 is 5.97 Å². The largest absolute Gasteiger partial charge is 0.461 e. The Labute approximate surface area is 190 Å². The number of hydrogen-bond acceptors (Lipinski definition) is 6. The van der Waals surface area contributed by atoms with Gasteiger partial charge in [-0.2, -0.15) is 0 Å². The Morgan fingerprint density at radius 3 is 2.72 bits per heavy atom. The molecule has 0 amide bonds. The molecule has 0 aromatic carbocycles. The molecular formula is C26H36O6. The summed E-state index contributed by atoms with van der Waals surface area (Å²) in [5.41, 5.74) is 0.545. The molecule has 1 N–H and O–H groups in total. The molecule has 6 heteroatoms. The molecule has 0 aromatic rings. The quantitative estimate of drug-likeness (QED) is 0.381. The van der Waals surface area contributed by atoms with Gasteiger partial charge in [0.2, 0.25) is 0 Å². The molecule has 3 aliphatic carbocycles. The second kappa shape index (κ2) is 7.91. The third-order valence-corrected chi connectivity index (χ3v) is 8.65. The fraction of sp³-hybridized carbons (Fsp3) is 0.731. The van der Waals surface area contributed by atoms with E-state index in [1.54, 1.807) is 0 Å². The number of carbonyl (C=O) groups excluding carboxylic acids is 3. The summed E-state index contributed by atoms with van der Waals surface area (Å²) in [7, 11) is 0. The lowest BCUT2D eigenvalue weighted by atomic mass is 9.46. The van der Waals surface area contributed by atoms with Crippen LogP contribution in [0.25, 0.3) is 0 Å². The molecule has 0 spiro atoms. The summed E-state index contributed by atoms with van der Waals surface area (Å²) in [5.74, 6) is -0.394. The maximum atomic E-state index is 13.1. The van der Waals surface area contributed by atoms with E-state index in [2.05, 4.69) is 27.4 Å². The molecule has 3 fully saturated rings. The first kappa shape index (κ1) is 23.4. The highest BCUT2D eigenvalue weighted by atomic mass is 16.6. The fourth-order valence-electron chi connectivity index (χ4n) is 6.93. The van der Waals surface area contributed by atoms with Crippen molar-refractivity contribution >= 4 is 17.5 Å². The first-order chi connectivity index (χ1) is 14.9. The Balaban J connectivity index is 1.51. The predicted octanol–water partition coefficient (Wildman–Crippen LogP) is 3.71. The number of esters is 1. The number of carbonyl (C=O) groups is 3. The zero-order chi connectivity index (χ0) is 23.5. The molecule has 6 atom stereocenters. The number of Topliss-reactive ketones (excluding diaryl/α,β-unsaturated/α-hetero) is 1. The van der Waals surface area contributed by atoms with Gasteiger partial charge in [0.1, 0.15) is 6.61 Å². The van der Waals surface area contributed by atoms with Crippen LogP contribution in [0.2, 0.25) is 0 Å². The first-order valence-electron chi connectivity index (χ1n) is 11.9. The van der Waals surface area contributed by atoms with Gasteiger partial charge in [0, 0.05) is 5.57 Å². The average molecular weight is 445 g/mol. The Bertz CT molecular complexity index is 883. The van der Waals surface area contributed by atoms with Crippen LogP contribution in [0.15, 0.2) is 23.8 Å². The average Bonchev–Trinajstić information content (AvgIpc) is 3.42. The highest BCUT2D eigenvalue weighted by Crippen LogP contribution is 2.64. The summed E-state index contributed by atoms with van der Waals surface area (Å²) >= 11 is 0. The van der Waals surface area contributed by atoms with Crippen molar-refractivity contribution in [3.63, 3.8) is 0 Å². The highest BCUT2D eigenvalue weighted by Gasteiger charge is 2.69. The van der Waals surface area contributed by atoms with E-state index >= 15 is 0 Å². The van der Waals surface area contributed by atoms with Crippen molar-refractivity contribution in [2.75, 3.05) is 6.61 Å². The van der Waals surface area contributed by atoms with Crippen molar-refractivity contribution in [1.29, 1.82) is 0 Å². The van der Waals surface area contributed by atoms with Gasteiger partial charge in [-0.15, -0.1) is 0 Å². The van der Waals surface area contributed by atoms with E-state index in [0.717, 1.165) is 25.7 Å². The number of allylic oxidation sites excluding steroid dienone is 1. The van der Waals surface area contributed by atoms with Gasteiger partial charge in [-0.1, -0.05) is 39.3 Å². The fourth-order valence-corrected chi connectivity index (χ4v) is 6.93. The highest BCUT2D eigenvalue weighted by molar-refractivity contribution is 6.18. The Morgan fingerprint density at radius 1 is 1.31 bits per heavy atom. The number of rotatable bonds is 6. The van der Waals surface area contributed by atoms with E-state index in [1.807, 2.05) is 0 Å². The number of ketones is 2. The van der Waals surface area contributed by atoms with Crippen LogP contribution in [0.4, 0.5) is 0 Å². The molecule has 1 saturated heterocycles. The van der Waals surface area contributed by atoms with Gasteiger partial charge in [0.25, 0.3) is 0 Å². The van der Waals surface area contributed by atoms with E-state index < -0.39 is 23.8 Å². The van der Waals surface area contributed by atoms with Crippen LogP contribution in [0.3, 0.4) is 0 Å². The molecule has 0 bridgehead atoms. The lowest BCUT2D eigenvalue weighted by Gasteiger charge is -2.58. The van der Waals surface area contributed by atoms with Crippen LogP contribution in [0, 0.1) is 22.7 Å². The van der Waals surface area contributed by atoms with Crippen molar-refractivity contribution in [2.24, 2.45) is 22.7 Å². The van der Waals surface area contributed by atoms with Crippen LogP contribution in [-0.4, -0.2) is 47.1 Å². The molecule has 6 nitrogen and oxygen atoms in total. The molecule has 1 heterocycles. The van der Waals surface area contributed by atoms with Crippen LogP contribution in [0.1, 0.15) is 72.6 Å². The van der Waals surface area contributed by atoms with Gasteiger partial charge < -0.3 is 14.6 Å². The van der Waals surface area contributed by atoms with Gasteiger partial charge in [-0.3, -0.25) is 14.4 Å². The molecular weight excluding hydrogens is 408 g/mol. The first-order valence-corrected chi connectivity index (χ1v) is 11.9. The smallest absolute Gasteiger partial charge is 0.308 e. The van der Waals surface area contributed by atoms with Gasteiger partial charge in [-0.25, -0.2) is 0 Å². The normalized spacial score (nSPS) is 39.0. The predicted molar refractivity (Wildman–Crippen MR) is 119 cm³/mol. The third kappa shape index (κ3) is 3.79. The SMILES string of the molecule is C=C1CC[C@H]2C(C)(C)CCC[C@]2(C)[C@H]1C[C@]12O[C@H]1C(=O)C(COC(=O)C[C@H](C)O)=CC2=O. The summed E-state index contributed by atoms with van der Waals surface area (Å²) in [6.45, 7) is 12.7. The van der Waals surface area contributed by atoms with E-state index in [4.69, 9.17) is 9.47 Å². The Hall–Kier alpha value is -1.79. The van der Waals surface area contributed by atoms with Crippen molar-refractivity contribution in [1.82, 2.24) is 0 Å². The topological polar surface area (TPSA) is 93.2 Å². The molecule has 4 aliphatic rings. The zero-order valence-corrected chi connectivity index (χ0v) is 19.7. The van der Waals surface area contributed by atoms with Crippen molar-refractivity contribution in [3.05, 3.63) is 23.8 Å². The lowest BCUT2D eigenvalue weighted by Crippen LogP contribution is -2.51. The molecule has 0 radical (unpaired) electrons. The number of hydrogen-bond donors (Lipinski definition) is 1. The van der Waals surface area contributed by atoms with Crippen molar-refractivity contribution in [3.8, 4) is 0 Å². The summed E-state index contributed by atoms with van der Waals surface area (Å²) in [4.78, 5) is 37.8. The molecule has 0 unspecified atom stereocenters. The minimum atomic E-state index is -1.09. The maximum Gasteiger partial charge on any atom is 0.308 e. The molecule has 2 saturated carbocycles. The van der Waals surface area contributed by atoms with Crippen molar-refractivity contribution in [2.45, 2.75) is 90.4 Å². The minimum absolute atomic E-state index is 0.0478. The van der Waals surface area contributed by atoms with Gasteiger partial charge in [-0.05, 0) is 67.8 Å². The third-order valence-electron chi connectivity index (χ3n) is 8.65. The number of ether oxygens (including phenoxy) is 2. The summed E-state index contributed by atoms with van der Waals surface area (Å²) in [5, 5.41) is 9.29. The molecule has 4 rings (SSSR count). The monoisotopic (exact) mass is 444 g/mol.